The highest BCUT2D eigenvalue weighted by Gasteiger charge is 2.40. The Morgan fingerprint density at radius 3 is 2.21 bits per heavy atom. The number of carbonyl (C=O) groups is 1. The van der Waals surface area contributed by atoms with Crippen molar-refractivity contribution in [3.8, 4) is 34.1 Å². The van der Waals surface area contributed by atoms with Crippen LogP contribution >= 0.6 is 0 Å². The van der Waals surface area contributed by atoms with Crippen LogP contribution in [0.25, 0.3) is 11.1 Å². The number of ether oxygens (including phenoxy) is 3. The van der Waals surface area contributed by atoms with E-state index in [2.05, 4.69) is 0 Å². The lowest BCUT2D eigenvalue weighted by atomic mass is 10.0. The van der Waals surface area contributed by atoms with Crippen LogP contribution in [-0.4, -0.2) is 24.3 Å². The molecule has 2 aromatic rings. The van der Waals surface area contributed by atoms with Gasteiger partial charge in [0.15, 0.2) is 11.5 Å². The van der Waals surface area contributed by atoms with Gasteiger partial charge in [0, 0.05) is 0 Å². The van der Waals surface area contributed by atoms with Crippen molar-refractivity contribution >= 4 is 5.97 Å². The summed E-state index contributed by atoms with van der Waals surface area (Å²) in [6, 6.07) is 9.53. The number of carboxylic acid groups (broad SMARTS) is 1. The highest BCUT2D eigenvalue weighted by atomic mass is 16.6. The Morgan fingerprint density at radius 2 is 1.62 bits per heavy atom. The Labute approximate surface area is 140 Å². The molecule has 0 amide bonds. The summed E-state index contributed by atoms with van der Waals surface area (Å²) >= 11 is 0. The van der Waals surface area contributed by atoms with Crippen LogP contribution in [0.4, 0.5) is 0 Å². The molecular weight excluding hydrogens is 308 g/mol. The molecule has 1 N–H and O–H groups in total. The Kier molecular flexibility index (Phi) is 4.60. The lowest BCUT2D eigenvalue weighted by Gasteiger charge is -2.15. The van der Waals surface area contributed by atoms with Gasteiger partial charge in [-0.05, 0) is 18.4 Å². The third-order valence-electron chi connectivity index (χ3n) is 3.66. The van der Waals surface area contributed by atoms with Gasteiger partial charge in [0.2, 0.25) is 5.75 Å². The van der Waals surface area contributed by atoms with Crippen molar-refractivity contribution in [2.24, 2.45) is 0 Å². The van der Waals surface area contributed by atoms with Crippen LogP contribution in [0, 0.1) is 0 Å². The summed E-state index contributed by atoms with van der Waals surface area (Å²) in [4.78, 5) is 11.9. The molecule has 1 aliphatic heterocycles. The van der Waals surface area contributed by atoms with Gasteiger partial charge in [0.1, 0.15) is 11.3 Å². The second-order valence-electron chi connectivity index (χ2n) is 5.54. The number of hydrogen-bond donors (Lipinski definition) is 1. The lowest BCUT2D eigenvalue weighted by molar-refractivity contribution is 0.0687. The van der Waals surface area contributed by atoms with E-state index in [1.807, 2.05) is 44.2 Å². The van der Waals surface area contributed by atoms with Crippen LogP contribution in [0.1, 0.15) is 37.0 Å². The van der Waals surface area contributed by atoms with Gasteiger partial charge < -0.3 is 19.3 Å². The van der Waals surface area contributed by atoms with E-state index >= 15 is 0 Å². The minimum absolute atomic E-state index is 0.0343. The second kappa shape index (κ2) is 6.83. The fraction of sp³-hybridized carbons (Fsp3) is 0.316. The van der Waals surface area contributed by atoms with Crippen LogP contribution in [0.5, 0.6) is 23.0 Å². The van der Waals surface area contributed by atoms with Crippen molar-refractivity contribution in [3.05, 3.63) is 35.9 Å². The van der Waals surface area contributed by atoms with Crippen molar-refractivity contribution < 1.29 is 24.1 Å². The van der Waals surface area contributed by atoms with Gasteiger partial charge in [-0.1, -0.05) is 44.2 Å². The molecule has 3 rings (SSSR count). The van der Waals surface area contributed by atoms with Crippen LogP contribution in [0.15, 0.2) is 30.3 Å². The molecule has 0 fully saturated rings. The molecule has 0 atom stereocenters. The molecule has 0 aliphatic carbocycles. The Hall–Kier alpha value is -2.69. The van der Waals surface area contributed by atoms with E-state index in [4.69, 9.17) is 14.2 Å². The quantitative estimate of drug-likeness (QED) is 0.605. The molecular formula is C19H20O5. The van der Waals surface area contributed by atoms with Crippen molar-refractivity contribution in [2.75, 3.05) is 13.2 Å². The van der Waals surface area contributed by atoms with Crippen molar-refractivity contribution in [1.82, 2.24) is 0 Å². The topological polar surface area (TPSA) is 68.3 Å². The van der Waals surface area contributed by atoms with E-state index in [9.17, 15) is 9.90 Å². The van der Waals surface area contributed by atoms with E-state index in [0.29, 0.717) is 36.0 Å². The third-order valence-corrected chi connectivity index (χ3v) is 3.66. The normalized spacial score (nSPS) is 11.4. The number of rotatable bonds is 8. The van der Waals surface area contributed by atoms with Gasteiger partial charge in [-0.2, -0.15) is 0 Å². The number of aromatic carboxylic acids is 1. The average molecular weight is 328 g/mol. The minimum atomic E-state index is -1.08. The standard InChI is InChI=1S/C19H20O5/c1-3-10-22-15-13(12-8-6-5-7-9-12)17-18(24-17)16(23-11-4-2)14(15)19(20)21/h5-9H,3-4,10-11H2,1-2H3,(H,20,21). The average Bonchev–Trinajstić information content (AvgIpc) is 3.37. The van der Waals surface area contributed by atoms with Gasteiger partial charge in [-0.25, -0.2) is 4.79 Å². The Bertz CT molecular complexity index is 752. The van der Waals surface area contributed by atoms with Gasteiger partial charge in [0.05, 0.1) is 18.8 Å². The molecule has 0 spiro atoms. The number of carboxylic acids is 1. The van der Waals surface area contributed by atoms with Crippen LogP contribution in [-0.2, 0) is 0 Å². The maximum atomic E-state index is 11.9. The highest BCUT2D eigenvalue weighted by Crippen LogP contribution is 2.63. The first-order chi connectivity index (χ1) is 11.7. The number of fused-ring (bicyclic) bond motifs is 1. The largest absolute Gasteiger partial charge is 0.492 e. The predicted molar refractivity (Wildman–Crippen MR) is 90.5 cm³/mol. The summed E-state index contributed by atoms with van der Waals surface area (Å²) < 4.78 is 17.1. The minimum Gasteiger partial charge on any atom is -0.492 e. The van der Waals surface area contributed by atoms with E-state index in [1.54, 1.807) is 0 Å². The summed E-state index contributed by atoms with van der Waals surface area (Å²) in [5.41, 5.74) is 1.58. The monoisotopic (exact) mass is 328 g/mol. The van der Waals surface area contributed by atoms with Crippen LogP contribution in [0.3, 0.4) is 0 Å². The number of benzene rings is 2. The predicted octanol–water partition coefficient (Wildman–Crippen LogP) is 4.74. The molecule has 5 heteroatoms. The van der Waals surface area contributed by atoms with E-state index in [1.165, 1.54) is 0 Å². The zero-order chi connectivity index (χ0) is 17.1. The molecule has 1 aliphatic rings. The van der Waals surface area contributed by atoms with Crippen LogP contribution in [0.2, 0.25) is 0 Å². The smallest absolute Gasteiger partial charge is 0.343 e. The van der Waals surface area contributed by atoms with E-state index in [0.717, 1.165) is 18.4 Å². The maximum absolute atomic E-state index is 11.9. The van der Waals surface area contributed by atoms with Gasteiger partial charge in [-0.15, -0.1) is 0 Å². The molecule has 0 bridgehead atoms. The molecule has 0 saturated heterocycles. The van der Waals surface area contributed by atoms with Crippen LogP contribution < -0.4 is 14.2 Å². The van der Waals surface area contributed by atoms with Gasteiger partial charge in [-0.3, -0.25) is 0 Å². The van der Waals surface area contributed by atoms with Crippen molar-refractivity contribution in [2.45, 2.75) is 26.7 Å². The van der Waals surface area contributed by atoms with E-state index in [-0.39, 0.29) is 11.3 Å². The molecule has 0 unspecified atom stereocenters. The third kappa shape index (κ3) is 2.89. The first-order valence-corrected chi connectivity index (χ1v) is 8.15. The maximum Gasteiger partial charge on any atom is 0.343 e. The SMILES string of the molecule is CCCOc1c2c(c(-c3ccccc3)c(OCCC)c1C(=O)O)O2. The number of hydrogen-bond acceptors (Lipinski definition) is 4. The Morgan fingerprint density at radius 1 is 1.00 bits per heavy atom. The molecule has 0 radical (unpaired) electrons. The fourth-order valence-corrected chi connectivity index (χ4v) is 2.59. The van der Waals surface area contributed by atoms with Gasteiger partial charge >= 0.3 is 5.97 Å². The summed E-state index contributed by atoms with van der Waals surface area (Å²) in [5.74, 6) is 0.651. The summed E-state index contributed by atoms with van der Waals surface area (Å²) in [6.07, 6.45) is 1.55. The lowest BCUT2D eigenvalue weighted by Crippen LogP contribution is -2.08. The molecule has 1 heterocycles. The molecule has 24 heavy (non-hydrogen) atoms. The van der Waals surface area contributed by atoms with Crippen molar-refractivity contribution in [3.63, 3.8) is 0 Å². The van der Waals surface area contributed by atoms with Crippen molar-refractivity contribution in [1.29, 1.82) is 0 Å². The summed E-state index contributed by atoms with van der Waals surface area (Å²) in [7, 11) is 0. The second-order valence-corrected chi connectivity index (χ2v) is 5.54. The first kappa shape index (κ1) is 16.2. The first-order valence-electron chi connectivity index (χ1n) is 8.15. The highest BCUT2D eigenvalue weighted by molar-refractivity contribution is 6.03. The zero-order valence-corrected chi connectivity index (χ0v) is 13.8. The van der Waals surface area contributed by atoms with E-state index < -0.39 is 5.97 Å². The molecule has 0 aromatic heterocycles. The fourth-order valence-electron chi connectivity index (χ4n) is 2.59. The zero-order valence-electron chi connectivity index (χ0n) is 13.8. The Balaban J connectivity index is 2.20. The van der Waals surface area contributed by atoms with Gasteiger partial charge in [0.25, 0.3) is 0 Å². The molecule has 5 nitrogen and oxygen atoms in total. The molecule has 126 valence electrons. The molecule has 2 aromatic carbocycles. The summed E-state index contributed by atoms with van der Waals surface area (Å²) in [5, 5.41) is 9.75. The summed E-state index contributed by atoms with van der Waals surface area (Å²) in [6.45, 7) is 4.79. The molecule has 0 saturated carbocycles.